The molecule has 0 atom stereocenters. The molecule has 4 heteroatoms. The third-order valence-corrected chi connectivity index (χ3v) is 4.61. The normalized spacial score (nSPS) is 10.4. The van der Waals surface area contributed by atoms with Crippen LogP contribution in [0.5, 0.6) is 0 Å². The zero-order chi connectivity index (χ0) is 20.1. The van der Waals surface area contributed by atoms with Crippen molar-refractivity contribution in [2.45, 2.75) is 27.3 Å². The van der Waals surface area contributed by atoms with E-state index in [4.69, 9.17) is 0 Å². The molecule has 3 aromatic carbocycles. The highest BCUT2D eigenvalue weighted by Gasteiger charge is 2.24. The predicted molar refractivity (Wildman–Crippen MR) is 113 cm³/mol. The molecule has 3 rings (SSSR count). The molecule has 2 amide bonds. The topological polar surface area (TPSA) is 49.4 Å². The number of carbonyl (C=O) groups is 2. The number of nitrogens with one attached hydrogen (secondary N) is 1. The smallest absolute Gasteiger partial charge is 0.316 e. The van der Waals surface area contributed by atoms with Gasteiger partial charge in [-0.25, -0.2) is 0 Å². The number of aryl methyl sites for hydroxylation is 3. The van der Waals surface area contributed by atoms with E-state index < -0.39 is 11.8 Å². The predicted octanol–water partition coefficient (Wildman–Crippen LogP) is 4.78. The highest BCUT2D eigenvalue weighted by Crippen LogP contribution is 2.23. The molecule has 0 aliphatic heterocycles. The maximum Gasteiger partial charge on any atom is 0.316 e. The minimum Gasteiger partial charge on any atom is -0.317 e. The Bertz CT molecular complexity index is 959. The van der Waals surface area contributed by atoms with Crippen molar-refractivity contribution < 1.29 is 9.59 Å². The summed E-state index contributed by atoms with van der Waals surface area (Å²) in [5.74, 6) is -1.23. The van der Waals surface area contributed by atoms with Gasteiger partial charge in [0.2, 0.25) is 0 Å². The summed E-state index contributed by atoms with van der Waals surface area (Å²) in [5.41, 5.74) is 5.32. The van der Waals surface area contributed by atoms with Gasteiger partial charge in [0, 0.05) is 11.4 Å². The van der Waals surface area contributed by atoms with Gasteiger partial charge in [0.05, 0.1) is 6.54 Å². The zero-order valence-electron chi connectivity index (χ0n) is 16.4. The monoisotopic (exact) mass is 372 g/mol. The van der Waals surface area contributed by atoms with Crippen LogP contribution in [0.1, 0.15) is 22.3 Å². The van der Waals surface area contributed by atoms with E-state index in [9.17, 15) is 9.59 Å². The standard InChI is InChI=1S/C24H24N2O2/c1-17-14-18(2)22(19(3)15-17)25-23(27)24(28)26(21-12-8-5-9-13-21)16-20-10-6-4-7-11-20/h4-15H,16H2,1-3H3,(H,25,27). The Balaban J connectivity index is 1.87. The number of nitrogens with zero attached hydrogens (tertiary/aromatic N) is 1. The minimum absolute atomic E-state index is 0.322. The average Bonchev–Trinajstić information content (AvgIpc) is 2.69. The lowest BCUT2D eigenvalue weighted by molar-refractivity contribution is -0.134. The Morgan fingerprint density at radius 2 is 1.36 bits per heavy atom. The van der Waals surface area contributed by atoms with Crippen LogP contribution >= 0.6 is 0 Å². The molecule has 0 unspecified atom stereocenters. The number of anilines is 2. The molecular formula is C24H24N2O2. The number of benzene rings is 3. The molecule has 0 aliphatic carbocycles. The van der Waals surface area contributed by atoms with E-state index in [1.807, 2.05) is 93.6 Å². The Morgan fingerprint density at radius 3 is 1.93 bits per heavy atom. The van der Waals surface area contributed by atoms with Gasteiger partial charge in [0.15, 0.2) is 0 Å². The molecule has 3 aromatic rings. The lowest BCUT2D eigenvalue weighted by atomic mass is 10.1. The lowest BCUT2D eigenvalue weighted by Crippen LogP contribution is -2.39. The molecule has 0 spiro atoms. The molecule has 142 valence electrons. The van der Waals surface area contributed by atoms with Crippen LogP contribution in [0.25, 0.3) is 0 Å². The molecule has 0 aliphatic rings. The molecule has 0 bridgehead atoms. The van der Waals surface area contributed by atoms with E-state index in [0.717, 1.165) is 22.3 Å². The summed E-state index contributed by atoms with van der Waals surface area (Å²) in [6.07, 6.45) is 0. The van der Waals surface area contributed by atoms with Crippen LogP contribution in [-0.4, -0.2) is 11.8 Å². The Hall–Kier alpha value is -3.40. The number of hydrogen-bond donors (Lipinski definition) is 1. The molecular weight excluding hydrogens is 348 g/mol. The van der Waals surface area contributed by atoms with Crippen molar-refractivity contribution in [1.82, 2.24) is 0 Å². The Morgan fingerprint density at radius 1 is 0.821 bits per heavy atom. The van der Waals surface area contributed by atoms with Gasteiger partial charge in [-0.15, -0.1) is 0 Å². The zero-order valence-corrected chi connectivity index (χ0v) is 16.4. The Kier molecular flexibility index (Phi) is 5.90. The summed E-state index contributed by atoms with van der Waals surface area (Å²) in [6, 6.07) is 22.9. The summed E-state index contributed by atoms with van der Waals surface area (Å²) in [4.78, 5) is 27.4. The van der Waals surface area contributed by atoms with E-state index in [1.54, 1.807) is 0 Å². The maximum atomic E-state index is 13.1. The van der Waals surface area contributed by atoms with Gasteiger partial charge >= 0.3 is 11.8 Å². The first kappa shape index (κ1) is 19.4. The summed E-state index contributed by atoms with van der Waals surface area (Å²) < 4.78 is 0. The van der Waals surface area contributed by atoms with Gasteiger partial charge in [0.1, 0.15) is 0 Å². The number of rotatable bonds is 4. The van der Waals surface area contributed by atoms with Crippen molar-refractivity contribution in [3.8, 4) is 0 Å². The second-order valence-corrected chi connectivity index (χ2v) is 6.94. The fourth-order valence-corrected chi connectivity index (χ4v) is 3.32. The second kappa shape index (κ2) is 8.53. The number of amides is 2. The third-order valence-electron chi connectivity index (χ3n) is 4.61. The molecule has 0 radical (unpaired) electrons. The SMILES string of the molecule is Cc1cc(C)c(NC(=O)C(=O)N(Cc2ccccc2)c2ccccc2)c(C)c1. The quantitative estimate of drug-likeness (QED) is 0.670. The summed E-state index contributed by atoms with van der Waals surface area (Å²) in [5, 5.41) is 2.81. The van der Waals surface area contributed by atoms with Crippen molar-refractivity contribution >= 4 is 23.2 Å². The summed E-state index contributed by atoms with van der Waals surface area (Å²) in [7, 11) is 0. The molecule has 1 N–H and O–H groups in total. The molecule has 0 heterocycles. The molecule has 0 fully saturated rings. The summed E-state index contributed by atoms with van der Waals surface area (Å²) >= 11 is 0. The first-order valence-electron chi connectivity index (χ1n) is 9.25. The number of carbonyl (C=O) groups excluding carboxylic acids is 2. The van der Waals surface area contributed by atoms with Crippen molar-refractivity contribution in [3.63, 3.8) is 0 Å². The van der Waals surface area contributed by atoms with Gasteiger partial charge < -0.3 is 5.32 Å². The molecule has 0 saturated heterocycles. The fraction of sp³-hybridized carbons (Fsp3) is 0.167. The van der Waals surface area contributed by atoms with Gasteiger partial charge in [-0.05, 0) is 49.6 Å². The molecule has 0 saturated carbocycles. The highest BCUT2D eigenvalue weighted by molar-refractivity contribution is 6.44. The van der Waals surface area contributed by atoms with E-state index in [1.165, 1.54) is 4.90 Å². The largest absolute Gasteiger partial charge is 0.317 e. The lowest BCUT2D eigenvalue weighted by Gasteiger charge is -2.23. The van der Waals surface area contributed by atoms with Gasteiger partial charge in [-0.2, -0.15) is 0 Å². The average molecular weight is 372 g/mol. The second-order valence-electron chi connectivity index (χ2n) is 6.94. The van der Waals surface area contributed by atoms with Crippen LogP contribution in [-0.2, 0) is 16.1 Å². The highest BCUT2D eigenvalue weighted by atomic mass is 16.2. The minimum atomic E-state index is -0.644. The van der Waals surface area contributed by atoms with E-state index >= 15 is 0 Å². The molecule has 28 heavy (non-hydrogen) atoms. The van der Waals surface area contributed by atoms with Crippen molar-refractivity contribution in [3.05, 3.63) is 95.1 Å². The molecule has 0 aromatic heterocycles. The van der Waals surface area contributed by atoms with Crippen LogP contribution in [0.4, 0.5) is 11.4 Å². The van der Waals surface area contributed by atoms with Crippen LogP contribution in [0.15, 0.2) is 72.8 Å². The van der Waals surface area contributed by atoms with Crippen LogP contribution < -0.4 is 10.2 Å². The van der Waals surface area contributed by atoms with Crippen molar-refractivity contribution in [2.75, 3.05) is 10.2 Å². The van der Waals surface area contributed by atoms with Gasteiger partial charge in [0.25, 0.3) is 0 Å². The third kappa shape index (κ3) is 4.46. The first-order valence-corrected chi connectivity index (χ1v) is 9.25. The van der Waals surface area contributed by atoms with Crippen molar-refractivity contribution in [1.29, 1.82) is 0 Å². The molecule has 4 nitrogen and oxygen atoms in total. The maximum absolute atomic E-state index is 13.1. The van der Waals surface area contributed by atoms with E-state index in [2.05, 4.69) is 5.32 Å². The van der Waals surface area contributed by atoms with Crippen LogP contribution in [0.2, 0.25) is 0 Å². The van der Waals surface area contributed by atoms with E-state index in [0.29, 0.717) is 17.9 Å². The van der Waals surface area contributed by atoms with Crippen LogP contribution in [0.3, 0.4) is 0 Å². The fourth-order valence-electron chi connectivity index (χ4n) is 3.32. The van der Waals surface area contributed by atoms with E-state index in [-0.39, 0.29) is 0 Å². The van der Waals surface area contributed by atoms with Gasteiger partial charge in [-0.3, -0.25) is 14.5 Å². The van der Waals surface area contributed by atoms with Crippen molar-refractivity contribution in [2.24, 2.45) is 0 Å². The first-order chi connectivity index (χ1) is 13.5. The summed E-state index contributed by atoms with van der Waals surface area (Å²) in [6.45, 7) is 6.19. The Labute approximate surface area is 165 Å². The van der Waals surface area contributed by atoms with Crippen LogP contribution in [0, 0.1) is 20.8 Å². The number of para-hydroxylation sites is 1. The number of hydrogen-bond acceptors (Lipinski definition) is 2. The van der Waals surface area contributed by atoms with Gasteiger partial charge in [-0.1, -0.05) is 66.2 Å².